The fourth-order valence-electron chi connectivity index (χ4n) is 3.20. The second-order valence-corrected chi connectivity index (χ2v) is 6.40. The Labute approximate surface area is 217 Å². The first kappa shape index (κ1) is 23.9. The molecule has 7 heteroatoms. The Morgan fingerprint density at radius 1 is 1.00 bits per heavy atom. The first-order valence-corrected chi connectivity index (χ1v) is 8.25. The number of phenols is 1. The number of carboxylic acids is 1. The van der Waals surface area contributed by atoms with Crippen molar-refractivity contribution in [2.24, 2.45) is 0 Å². The zero-order valence-corrected chi connectivity index (χ0v) is 21.4. The van der Waals surface area contributed by atoms with Crippen LogP contribution in [0.4, 0.5) is 0 Å². The molecule has 140 valence electrons. The van der Waals surface area contributed by atoms with E-state index in [4.69, 9.17) is 4.42 Å². The molecule has 5 nitrogen and oxygen atoms in total. The van der Waals surface area contributed by atoms with Gasteiger partial charge in [-0.05, 0) is 11.6 Å². The summed E-state index contributed by atoms with van der Waals surface area (Å²) < 4.78 is 5.76. The van der Waals surface area contributed by atoms with Crippen LogP contribution < -0.4 is 5.43 Å². The number of aromatic hydroxyl groups is 1. The molecule has 0 amide bonds. The molecule has 0 bridgehead atoms. The maximum absolute atomic E-state index is 12.0. The zero-order valence-electron chi connectivity index (χ0n) is 15.7. The molecule has 0 saturated heterocycles. The van der Waals surface area contributed by atoms with Gasteiger partial charge >= 0.3 is 5.97 Å². The van der Waals surface area contributed by atoms with E-state index in [1.54, 1.807) is 44.2 Å². The number of rotatable bonds is 2. The van der Waals surface area contributed by atoms with Crippen LogP contribution >= 0.6 is 0 Å². The first-order valence-electron chi connectivity index (χ1n) is 8.25. The molecule has 2 radical (unpaired) electrons. The molecule has 0 spiro atoms. The number of fused-ring (bicyclic) bond motifs is 2. The van der Waals surface area contributed by atoms with Crippen molar-refractivity contribution in [3.8, 4) is 28.2 Å². The van der Waals surface area contributed by atoms with E-state index in [-0.39, 0.29) is 93.5 Å². The van der Waals surface area contributed by atoms with Gasteiger partial charge in [-0.15, -0.1) is 16.7 Å². The van der Waals surface area contributed by atoms with Gasteiger partial charge in [-0.1, -0.05) is 55.1 Å². The van der Waals surface area contributed by atoms with Crippen molar-refractivity contribution in [3.05, 3.63) is 75.4 Å². The molecule has 29 heavy (non-hydrogen) atoms. The van der Waals surface area contributed by atoms with Crippen LogP contribution in [-0.2, 0) is 65.4 Å². The third-order valence-corrected chi connectivity index (χ3v) is 4.57. The summed E-state index contributed by atoms with van der Waals surface area (Å²) in [6, 6.07) is 15.5. The summed E-state index contributed by atoms with van der Waals surface area (Å²) in [5, 5.41) is 20.2. The van der Waals surface area contributed by atoms with E-state index in [1.165, 1.54) is 6.07 Å². The molecule has 0 aromatic heterocycles. The third-order valence-electron chi connectivity index (χ3n) is 4.57. The van der Waals surface area contributed by atoms with Crippen molar-refractivity contribution in [3.63, 3.8) is 0 Å². The van der Waals surface area contributed by atoms with Gasteiger partial charge in [0, 0.05) is 82.5 Å². The van der Waals surface area contributed by atoms with Crippen molar-refractivity contribution in [2.45, 2.75) is 13.8 Å². The quantitative estimate of drug-likeness (QED) is 0.297. The maximum Gasteiger partial charge on any atom is 0.336 e. The molecule has 2 aliphatic rings. The Morgan fingerprint density at radius 3 is 2.38 bits per heavy atom. The summed E-state index contributed by atoms with van der Waals surface area (Å²) >= 11 is 0. The van der Waals surface area contributed by atoms with Gasteiger partial charge < -0.3 is 19.4 Å². The number of hydrogen-bond donors (Lipinski definition) is 2. The monoisotopic (exact) mass is 536 g/mol. The van der Waals surface area contributed by atoms with Crippen LogP contribution in [0, 0.1) is 26.0 Å². The number of carbonyl (C=O) groups is 1. The Morgan fingerprint density at radius 2 is 1.69 bits per heavy atom. The van der Waals surface area contributed by atoms with Crippen LogP contribution in [0.1, 0.15) is 21.5 Å². The molecule has 0 saturated carbocycles. The van der Waals surface area contributed by atoms with Crippen LogP contribution in [0.15, 0.2) is 45.6 Å². The SMILES string of the molecule is Cc1cc2c(-c3ccccc3C(=O)O)c3cc(C)c(=O)[c-]c-3oc2[c-]c1O.[Y].[Y]. The smallest absolute Gasteiger partial charge is 0.336 e. The Bertz CT molecular complexity index is 1260. The molecule has 1 heterocycles. The normalized spacial score (nSPS) is 10.4. The van der Waals surface area contributed by atoms with E-state index in [0.29, 0.717) is 33.2 Å². The molecule has 0 fully saturated rings. The second kappa shape index (κ2) is 9.18. The summed E-state index contributed by atoms with van der Waals surface area (Å²) in [5.41, 5.74) is 2.76. The summed E-state index contributed by atoms with van der Waals surface area (Å²) in [6.45, 7) is 3.39. The van der Waals surface area contributed by atoms with E-state index in [9.17, 15) is 19.8 Å². The molecule has 2 aromatic carbocycles. The van der Waals surface area contributed by atoms with Crippen molar-refractivity contribution < 1.29 is 84.8 Å². The molecule has 0 atom stereocenters. The van der Waals surface area contributed by atoms with E-state index in [0.717, 1.165) is 0 Å². The molecule has 1 aliphatic carbocycles. The number of benzene rings is 3. The van der Waals surface area contributed by atoms with E-state index in [1.807, 2.05) is 0 Å². The second-order valence-electron chi connectivity index (χ2n) is 6.40. The fraction of sp³-hybridized carbons (Fsp3) is 0.0909. The number of carboxylic acid groups (broad SMARTS) is 1. The number of aromatic carboxylic acids is 1. The summed E-state index contributed by atoms with van der Waals surface area (Å²) in [6.07, 6.45) is 0. The van der Waals surface area contributed by atoms with Crippen LogP contribution in [-0.4, -0.2) is 16.2 Å². The Balaban J connectivity index is 0.00000150. The van der Waals surface area contributed by atoms with Gasteiger partial charge in [0.05, 0.1) is 11.0 Å². The van der Waals surface area contributed by atoms with Gasteiger partial charge in [0.1, 0.15) is 0 Å². The van der Waals surface area contributed by atoms with Crippen LogP contribution in [0.25, 0.3) is 33.4 Å². The molecular formula is C22H14O5Y2-2. The van der Waals surface area contributed by atoms with E-state index in [2.05, 4.69) is 12.1 Å². The third kappa shape index (κ3) is 4.25. The first-order chi connectivity index (χ1) is 12.9. The fourth-order valence-corrected chi connectivity index (χ4v) is 3.20. The molecule has 2 N–H and O–H groups in total. The van der Waals surface area contributed by atoms with Crippen molar-refractivity contribution in [1.29, 1.82) is 0 Å². The predicted molar refractivity (Wildman–Crippen MR) is 100 cm³/mol. The van der Waals surface area contributed by atoms with Crippen molar-refractivity contribution in [1.82, 2.24) is 0 Å². The van der Waals surface area contributed by atoms with Crippen LogP contribution in [0.5, 0.6) is 5.75 Å². The van der Waals surface area contributed by atoms with Gasteiger partial charge in [-0.25, -0.2) is 4.79 Å². The van der Waals surface area contributed by atoms with Gasteiger partial charge in [-0.2, -0.15) is 12.1 Å². The largest absolute Gasteiger partial charge is 0.534 e. The van der Waals surface area contributed by atoms with Gasteiger partial charge in [-0.3, -0.25) is 0 Å². The standard InChI is InChI=1S/C22H14O5.2Y/c1-11-7-15-19(9-17(11)23)27-20-10-18(24)12(2)8-16(20)21(15)13-5-3-4-6-14(13)22(25)26;;/h3-8,23H,1-2H3,(H,25,26);;/q-2;;. The molecule has 0 unspecified atom stereocenters. The van der Waals surface area contributed by atoms with Crippen LogP contribution in [0.3, 0.4) is 0 Å². The average Bonchev–Trinajstić information content (AvgIpc) is 2.63. The van der Waals surface area contributed by atoms with Gasteiger partial charge in [0.15, 0.2) is 0 Å². The minimum Gasteiger partial charge on any atom is -0.534 e. The van der Waals surface area contributed by atoms with E-state index < -0.39 is 5.97 Å². The Kier molecular flexibility index (Phi) is 7.56. The molecule has 2 aromatic rings. The van der Waals surface area contributed by atoms with E-state index >= 15 is 0 Å². The predicted octanol–water partition coefficient (Wildman–Crippen LogP) is 4.18. The molecule has 4 rings (SSSR count). The minimum atomic E-state index is -1.06. The molecule has 1 aliphatic heterocycles. The summed E-state index contributed by atoms with van der Waals surface area (Å²) in [5.74, 6) is -0.946. The van der Waals surface area contributed by atoms with Gasteiger partial charge in [0.2, 0.25) is 0 Å². The number of hydrogen-bond acceptors (Lipinski definition) is 4. The minimum absolute atomic E-state index is 0. The van der Waals surface area contributed by atoms with Crippen LogP contribution in [0.2, 0.25) is 0 Å². The molecular weight excluding hydrogens is 522 g/mol. The number of phenolic OH excluding ortho intramolecular Hbond substituents is 1. The van der Waals surface area contributed by atoms with Crippen molar-refractivity contribution in [2.75, 3.05) is 0 Å². The zero-order chi connectivity index (χ0) is 19.3. The summed E-state index contributed by atoms with van der Waals surface area (Å²) in [4.78, 5) is 23.8. The maximum atomic E-state index is 12.0. The number of aryl methyl sites for hydroxylation is 2. The van der Waals surface area contributed by atoms with Gasteiger partial charge in [0.25, 0.3) is 0 Å². The average molecular weight is 536 g/mol. The topological polar surface area (TPSA) is 87.7 Å². The van der Waals surface area contributed by atoms with Crippen molar-refractivity contribution >= 4 is 16.9 Å². The Hall–Kier alpha value is -1.39. The summed E-state index contributed by atoms with van der Waals surface area (Å²) in [7, 11) is 0.